The zero-order valence-electron chi connectivity index (χ0n) is 21.7. The SMILES string of the molecule is CCC(=O)NS(=O)(=O)c1ccc(-n2cnc3c(OC4CCC(c5nc(C(C)C)no5)CC4)ncnc32)c(F)c1. The molecule has 0 saturated heterocycles. The van der Waals surface area contributed by atoms with Crippen LogP contribution in [0.3, 0.4) is 0 Å². The normalized spacial score (nSPS) is 18.0. The molecule has 14 heteroatoms. The second-order valence-electron chi connectivity index (χ2n) is 9.70. The molecule has 0 radical (unpaired) electrons. The third-order valence-corrected chi connectivity index (χ3v) is 8.00. The molecule has 1 fully saturated rings. The lowest BCUT2D eigenvalue weighted by Crippen LogP contribution is -2.29. The highest BCUT2D eigenvalue weighted by Gasteiger charge is 2.29. The van der Waals surface area contributed by atoms with Crippen LogP contribution in [0.2, 0.25) is 0 Å². The lowest BCUT2D eigenvalue weighted by molar-refractivity contribution is -0.119. The number of hydrogen-bond acceptors (Lipinski definition) is 10. The Labute approximate surface area is 224 Å². The minimum atomic E-state index is -4.19. The van der Waals surface area contributed by atoms with Crippen molar-refractivity contribution in [2.75, 3.05) is 0 Å². The van der Waals surface area contributed by atoms with Gasteiger partial charge in [-0.1, -0.05) is 25.9 Å². The number of aromatic nitrogens is 6. The number of nitrogens with one attached hydrogen (secondary N) is 1. The summed E-state index contributed by atoms with van der Waals surface area (Å²) in [6.07, 6.45) is 5.73. The van der Waals surface area contributed by atoms with Gasteiger partial charge in [0.2, 0.25) is 17.7 Å². The third-order valence-electron chi connectivity index (χ3n) is 6.63. The molecule has 1 saturated carbocycles. The monoisotopic (exact) mass is 557 g/mol. The minimum absolute atomic E-state index is 0.0236. The van der Waals surface area contributed by atoms with Crippen molar-refractivity contribution < 1.29 is 26.9 Å². The Hall–Kier alpha value is -3.94. The lowest BCUT2D eigenvalue weighted by Gasteiger charge is -2.26. The predicted molar refractivity (Wildman–Crippen MR) is 136 cm³/mol. The van der Waals surface area contributed by atoms with Gasteiger partial charge in [-0.2, -0.15) is 9.97 Å². The van der Waals surface area contributed by atoms with Crippen molar-refractivity contribution in [3.63, 3.8) is 0 Å². The van der Waals surface area contributed by atoms with Crippen LogP contribution in [0, 0.1) is 5.82 Å². The van der Waals surface area contributed by atoms with Gasteiger partial charge in [-0.15, -0.1) is 0 Å². The Morgan fingerprint density at radius 2 is 1.97 bits per heavy atom. The number of fused-ring (bicyclic) bond motifs is 1. The molecule has 0 bridgehead atoms. The summed E-state index contributed by atoms with van der Waals surface area (Å²) in [7, 11) is -4.19. The molecule has 1 aliphatic carbocycles. The summed E-state index contributed by atoms with van der Waals surface area (Å²) < 4.78 is 54.7. The second kappa shape index (κ2) is 10.7. The van der Waals surface area contributed by atoms with Crippen LogP contribution in [0.1, 0.15) is 76.4 Å². The van der Waals surface area contributed by atoms with Gasteiger partial charge in [-0.05, 0) is 43.9 Å². The van der Waals surface area contributed by atoms with Crippen LogP contribution < -0.4 is 9.46 Å². The molecule has 3 heterocycles. The maximum atomic E-state index is 15.1. The first-order chi connectivity index (χ1) is 18.7. The molecule has 1 N–H and O–H groups in total. The maximum Gasteiger partial charge on any atom is 0.264 e. The smallest absolute Gasteiger partial charge is 0.264 e. The van der Waals surface area contributed by atoms with E-state index in [0.717, 1.165) is 31.7 Å². The van der Waals surface area contributed by atoms with Crippen molar-refractivity contribution in [1.82, 2.24) is 34.4 Å². The van der Waals surface area contributed by atoms with E-state index in [-0.39, 0.29) is 40.8 Å². The van der Waals surface area contributed by atoms with Crippen LogP contribution in [0.25, 0.3) is 16.9 Å². The number of imidazole rings is 1. The molecule has 1 amide bonds. The summed E-state index contributed by atoms with van der Waals surface area (Å²) in [4.78, 5) is 28.5. The number of rotatable bonds is 8. The second-order valence-corrected chi connectivity index (χ2v) is 11.4. The Morgan fingerprint density at radius 1 is 1.21 bits per heavy atom. The van der Waals surface area contributed by atoms with Crippen molar-refractivity contribution in [3.8, 4) is 11.6 Å². The molecule has 0 unspecified atom stereocenters. The summed E-state index contributed by atoms with van der Waals surface area (Å²) in [5.74, 6) is 0.515. The van der Waals surface area contributed by atoms with E-state index in [4.69, 9.17) is 9.26 Å². The number of halogens is 1. The zero-order chi connectivity index (χ0) is 27.7. The van der Waals surface area contributed by atoms with Gasteiger partial charge < -0.3 is 9.26 Å². The Balaban J connectivity index is 1.32. The fourth-order valence-corrected chi connectivity index (χ4v) is 5.51. The number of carbonyl (C=O) groups excluding carboxylic acids is 1. The Kier molecular flexibility index (Phi) is 7.30. The number of hydrogen-bond donors (Lipinski definition) is 1. The minimum Gasteiger partial charge on any atom is -0.473 e. The van der Waals surface area contributed by atoms with E-state index in [1.807, 2.05) is 18.6 Å². The molecule has 1 aliphatic rings. The fourth-order valence-electron chi connectivity index (χ4n) is 4.44. The van der Waals surface area contributed by atoms with Crippen molar-refractivity contribution in [3.05, 3.63) is 48.4 Å². The van der Waals surface area contributed by atoms with Gasteiger partial charge in [0, 0.05) is 18.3 Å². The average molecular weight is 558 g/mol. The fraction of sp³-hybridized carbons (Fsp3) is 0.440. The molecular weight excluding hydrogens is 529 g/mol. The lowest BCUT2D eigenvalue weighted by atomic mass is 9.87. The Bertz CT molecular complexity index is 1610. The van der Waals surface area contributed by atoms with E-state index in [2.05, 4.69) is 25.1 Å². The van der Waals surface area contributed by atoms with Crippen molar-refractivity contribution in [1.29, 1.82) is 0 Å². The van der Waals surface area contributed by atoms with Crippen LogP contribution in [0.4, 0.5) is 4.39 Å². The number of nitrogens with zero attached hydrogens (tertiary/aromatic N) is 6. The van der Waals surface area contributed by atoms with Gasteiger partial charge >= 0.3 is 0 Å². The molecular formula is C25H28FN7O5S. The van der Waals surface area contributed by atoms with Gasteiger partial charge in [-0.25, -0.2) is 27.5 Å². The first kappa shape index (κ1) is 26.7. The van der Waals surface area contributed by atoms with Gasteiger partial charge in [0.05, 0.1) is 10.6 Å². The molecule has 0 spiro atoms. The zero-order valence-corrected chi connectivity index (χ0v) is 22.5. The topological polar surface area (TPSA) is 155 Å². The van der Waals surface area contributed by atoms with Gasteiger partial charge in [0.1, 0.15) is 24.6 Å². The summed E-state index contributed by atoms with van der Waals surface area (Å²) in [5.41, 5.74) is 0.683. The van der Waals surface area contributed by atoms with Crippen LogP contribution >= 0.6 is 0 Å². The predicted octanol–water partition coefficient (Wildman–Crippen LogP) is 3.78. The highest BCUT2D eigenvalue weighted by atomic mass is 32.2. The van der Waals surface area contributed by atoms with E-state index in [9.17, 15) is 13.2 Å². The first-order valence-electron chi connectivity index (χ1n) is 12.7. The van der Waals surface area contributed by atoms with Crippen LogP contribution in [0.15, 0.2) is 40.3 Å². The van der Waals surface area contributed by atoms with E-state index >= 15 is 4.39 Å². The largest absolute Gasteiger partial charge is 0.473 e. The quantitative estimate of drug-likeness (QED) is 0.338. The molecule has 12 nitrogen and oxygen atoms in total. The van der Waals surface area contributed by atoms with E-state index < -0.39 is 21.7 Å². The Morgan fingerprint density at radius 3 is 2.64 bits per heavy atom. The first-order valence-corrected chi connectivity index (χ1v) is 14.2. The van der Waals surface area contributed by atoms with E-state index in [1.165, 1.54) is 36.3 Å². The molecule has 206 valence electrons. The highest BCUT2D eigenvalue weighted by Crippen LogP contribution is 2.35. The van der Waals surface area contributed by atoms with Crippen molar-refractivity contribution in [2.45, 2.75) is 75.7 Å². The number of carbonyl (C=O) groups is 1. The molecule has 5 rings (SSSR count). The van der Waals surface area contributed by atoms with Gasteiger partial charge in [-0.3, -0.25) is 9.36 Å². The summed E-state index contributed by atoms with van der Waals surface area (Å²) in [5, 5.41) is 4.06. The average Bonchev–Trinajstić information content (AvgIpc) is 3.58. The number of ether oxygens (including phenoxy) is 1. The van der Waals surface area contributed by atoms with Crippen molar-refractivity contribution in [2.24, 2.45) is 0 Å². The van der Waals surface area contributed by atoms with Gasteiger partial charge in [0.15, 0.2) is 17.0 Å². The highest BCUT2D eigenvalue weighted by molar-refractivity contribution is 7.90. The molecule has 1 aromatic carbocycles. The molecule has 0 atom stereocenters. The summed E-state index contributed by atoms with van der Waals surface area (Å²) in [6.45, 7) is 5.56. The van der Waals surface area contributed by atoms with E-state index in [1.54, 1.807) is 0 Å². The van der Waals surface area contributed by atoms with E-state index in [0.29, 0.717) is 22.9 Å². The number of amides is 1. The third kappa shape index (κ3) is 5.46. The number of sulfonamides is 1. The van der Waals surface area contributed by atoms with Crippen LogP contribution in [-0.4, -0.2) is 50.1 Å². The molecule has 0 aliphatic heterocycles. The molecule has 3 aromatic heterocycles. The standard InChI is InChI=1S/C25H28FN7O5S/c1-4-20(34)32-39(35,36)17-9-10-19(18(26)11-17)33-13-29-21-23(33)27-12-28-25(21)37-16-7-5-15(6-8-16)24-30-22(14(2)3)31-38-24/h9-16H,4-8H2,1-3H3,(H,32,34). The number of benzene rings is 1. The summed E-state index contributed by atoms with van der Waals surface area (Å²) >= 11 is 0. The summed E-state index contributed by atoms with van der Waals surface area (Å²) in [6, 6.07) is 3.34. The van der Waals surface area contributed by atoms with Crippen LogP contribution in [0.5, 0.6) is 5.88 Å². The molecule has 4 aromatic rings. The molecule has 39 heavy (non-hydrogen) atoms. The van der Waals surface area contributed by atoms with Gasteiger partial charge in [0.25, 0.3) is 10.0 Å². The van der Waals surface area contributed by atoms with Crippen molar-refractivity contribution >= 4 is 27.1 Å². The maximum absolute atomic E-state index is 15.1. The van der Waals surface area contributed by atoms with Crippen LogP contribution in [-0.2, 0) is 14.8 Å².